The van der Waals surface area contributed by atoms with E-state index in [1.165, 1.54) is 4.90 Å². The number of thioether (sulfide) groups is 1. The second kappa shape index (κ2) is 6.87. The summed E-state index contributed by atoms with van der Waals surface area (Å²) in [6.45, 7) is 3.74. The first-order valence-electron chi connectivity index (χ1n) is 6.38. The van der Waals surface area contributed by atoms with Gasteiger partial charge in [-0.05, 0) is 18.6 Å². The van der Waals surface area contributed by atoms with Crippen LogP contribution in [0, 0.1) is 0 Å². The summed E-state index contributed by atoms with van der Waals surface area (Å²) in [7, 11) is 0. The number of benzene rings is 1. The number of thiazole rings is 1. The number of carbonyl (C=O) groups is 1. The van der Waals surface area contributed by atoms with Crippen LogP contribution in [0.4, 0.5) is 0 Å². The van der Waals surface area contributed by atoms with E-state index in [1.54, 1.807) is 30.0 Å². The number of Topliss-reactive ketones (excluding diaryl/α,β-unsaturated/α-hetero) is 1. The summed E-state index contributed by atoms with van der Waals surface area (Å²) in [6, 6.07) is 10.3. The maximum atomic E-state index is 11.6. The largest absolute Gasteiger partial charge is 0.294 e. The summed E-state index contributed by atoms with van der Waals surface area (Å²) in [5.74, 6) is 0.968. The van der Waals surface area contributed by atoms with Gasteiger partial charge in [-0.25, -0.2) is 4.98 Å². The van der Waals surface area contributed by atoms with Gasteiger partial charge in [-0.3, -0.25) is 4.79 Å². The molecule has 2 rings (SSSR count). The highest BCUT2D eigenvalue weighted by molar-refractivity contribution is 7.98. The first-order chi connectivity index (χ1) is 9.20. The molecule has 1 aromatic heterocycles. The first-order valence-corrected chi connectivity index (χ1v) is 8.18. The minimum atomic E-state index is 0.136. The van der Waals surface area contributed by atoms with Gasteiger partial charge in [-0.1, -0.05) is 31.5 Å². The summed E-state index contributed by atoms with van der Waals surface area (Å²) in [5.41, 5.74) is 0.976. The van der Waals surface area contributed by atoms with E-state index in [1.807, 2.05) is 18.2 Å². The lowest BCUT2D eigenvalue weighted by Gasteiger charge is -1.97. The Morgan fingerprint density at radius 2 is 2.05 bits per heavy atom. The van der Waals surface area contributed by atoms with Crippen LogP contribution in [0.25, 0.3) is 0 Å². The van der Waals surface area contributed by atoms with Crippen LogP contribution in [-0.4, -0.2) is 10.8 Å². The van der Waals surface area contributed by atoms with Crippen molar-refractivity contribution in [3.8, 4) is 0 Å². The topological polar surface area (TPSA) is 30.0 Å². The molecule has 0 N–H and O–H groups in total. The molecule has 1 aromatic carbocycles. The fourth-order valence-electron chi connectivity index (χ4n) is 1.81. The highest BCUT2D eigenvalue weighted by atomic mass is 32.2. The van der Waals surface area contributed by atoms with E-state index in [9.17, 15) is 4.79 Å². The zero-order valence-corrected chi connectivity index (χ0v) is 12.8. The number of aryl methyl sites for hydroxylation is 1. The molecule has 100 valence electrons. The molecule has 0 spiro atoms. The summed E-state index contributed by atoms with van der Waals surface area (Å²) in [4.78, 5) is 18.3. The first kappa shape index (κ1) is 14.3. The van der Waals surface area contributed by atoms with Gasteiger partial charge in [0.25, 0.3) is 0 Å². The molecule has 19 heavy (non-hydrogen) atoms. The molecule has 2 nitrogen and oxygen atoms in total. The minimum absolute atomic E-state index is 0.136. The average molecular weight is 291 g/mol. The number of hydrogen-bond donors (Lipinski definition) is 0. The monoisotopic (exact) mass is 291 g/mol. The second-order valence-electron chi connectivity index (χ2n) is 4.29. The van der Waals surface area contributed by atoms with Gasteiger partial charge < -0.3 is 0 Å². The Morgan fingerprint density at radius 1 is 1.32 bits per heavy atom. The van der Waals surface area contributed by atoms with Crippen LogP contribution in [0.1, 0.15) is 40.6 Å². The summed E-state index contributed by atoms with van der Waals surface area (Å²) < 4.78 is 0. The number of ketones is 1. The summed E-state index contributed by atoms with van der Waals surface area (Å²) in [6.07, 6.45) is 1.91. The normalized spacial score (nSPS) is 10.6. The maximum Gasteiger partial charge on any atom is 0.171 e. The highest BCUT2D eigenvalue weighted by Gasteiger charge is 2.14. The molecule has 0 aliphatic heterocycles. The smallest absolute Gasteiger partial charge is 0.171 e. The lowest BCUT2D eigenvalue weighted by Crippen LogP contribution is -1.95. The SMILES string of the molecule is CCCc1nc(CSc2ccccc2)sc1C(C)=O. The highest BCUT2D eigenvalue weighted by Crippen LogP contribution is 2.27. The van der Waals surface area contributed by atoms with Crippen molar-refractivity contribution in [3.63, 3.8) is 0 Å². The molecular formula is C15H17NOS2. The van der Waals surface area contributed by atoms with E-state index in [0.29, 0.717) is 0 Å². The molecule has 4 heteroatoms. The van der Waals surface area contributed by atoms with Crippen LogP contribution < -0.4 is 0 Å². The van der Waals surface area contributed by atoms with Crippen LogP contribution in [0.5, 0.6) is 0 Å². The van der Waals surface area contributed by atoms with Gasteiger partial charge in [0.05, 0.1) is 16.3 Å². The second-order valence-corrected chi connectivity index (χ2v) is 6.42. The van der Waals surface area contributed by atoms with Gasteiger partial charge in [0, 0.05) is 11.8 Å². The molecule has 0 amide bonds. The standard InChI is InChI=1S/C15H17NOS2/c1-3-7-13-15(11(2)17)19-14(16-13)10-18-12-8-5-4-6-9-12/h4-6,8-9H,3,7,10H2,1-2H3. The van der Waals surface area contributed by atoms with Gasteiger partial charge in [0.1, 0.15) is 5.01 Å². The van der Waals surface area contributed by atoms with Crippen LogP contribution in [-0.2, 0) is 12.2 Å². The number of hydrogen-bond acceptors (Lipinski definition) is 4. The lowest BCUT2D eigenvalue weighted by atomic mass is 10.2. The van der Waals surface area contributed by atoms with Gasteiger partial charge in [-0.15, -0.1) is 23.1 Å². The Hall–Kier alpha value is -1.13. The molecule has 0 bridgehead atoms. The molecular weight excluding hydrogens is 274 g/mol. The van der Waals surface area contributed by atoms with E-state index in [2.05, 4.69) is 24.0 Å². The predicted octanol–water partition coefficient (Wildman–Crippen LogP) is 4.59. The average Bonchev–Trinajstić information content (AvgIpc) is 2.81. The fourth-order valence-corrected chi connectivity index (χ4v) is 3.72. The lowest BCUT2D eigenvalue weighted by molar-refractivity contribution is 0.102. The summed E-state index contributed by atoms with van der Waals surface area (Å²) >= 11 is 3.31. The van der Waals surface area contributed by atoms with Crippen molar-refractivity contribution in [1.29, 1.82) is 0 Å². The van der Waals surface area contributed by atoms with E-state index < -0.39 is 0 Å². The molecule has 0 aliphatic rings. The molecule has 0 saturated carbocycles. The Labute approximate surface area is 122 Å². The summed E-state index contributed by atoms with van der Waals surface area (Å²) in [5, 5.41) is 1.04. The number of aromatic nitrogens is 1. The Morgan fingerprint density at radius 3 is 2.68 bits per heavy atom. The third kappa shape index (κ3) is 3.91. The molecule has 2 aromatic rings. The van der Waals surface area contributed by atoms with E-state index in [4.69, 9.17) is 0 Å². The van der Waals surface area contributed by atoms with Crippen molar-refractivity contribution in [2.45, 2.75) is 37.3 Å². The Kier molecular flexibility index (Phi) is 5.16. The van der Waals surface area contributed by atoms with Crippen molar-refractivity contribution in [1.82, 2.24) is 4.98 Å². The Balaban J connectivity index is 2.08. The third-order valence-electron chi connectivity index (χ3n) is 2.65. The molecule has 0 unspecified atom stereocenters. The number of rotatable bonds is 6. The quantitative estimate of drug-likeness (QED) is 0.576. The Bertz CT molecular complexity index is 549. The van der Waals surface area contributed by atoms with Gasteiger partial charge in [0.15, 0.2) is 5.78 Å². The third-order valence-corrected chi connectivity index (χ3v) is 5.06. The van der Waals surface area contributed by atoms with Gasteiger partial charge in [-0.2, -0.15) is 0 Å². The molecule has 0 saturated heterocycles. The van der Waals surface area contributed by atoms with Gasteiger partial charge >= 0.3 is 0 Å². The molecule has 0 fully saturated rings. The van der Waals surface area contributed by atoms with Crippen LogP contribution in [0.2, 0.25) is 0 Å². The molecule has 0 aliphatic carbocycles. The van der Waals surface area contributed by atoms with Crippen molar-refractivity contribution >= 4 is 28.9 Å². The van der Waals surface area contributed by atoms with E-state index in [-0.39, 0.29) is 5.78 Å². The predicted molar refractivity (Wildman–Crippen MR) is 82.1 cm³/mol. The van der Waals surface area contributed by atoms with Crippen LogP contribution in [0.15, 0.2) is 35.2 Å². The van der Waals surface area contributed by atoms with Crippen molar-refractivity contribution in [2.75, 3.05) is 0 Å². The fraction of sp³-hybridized carbons (Fsp3) is 0.333. The molecule has 0 radical (unpaired) electrons. The van der Waals surface area contributed by atoms with E-state index >= 15 is 0 Å². The van der Waals surface area contributed by atoms with Crippen molar-refractivity contribution in [2.24, 2.45) is 0 Å². The maximum absolute atomic E-state index is 11.6. The zero-order valence-electron chi connectivity index (χ0n) is 11.2. The van der Waals surface area contributed by atoms with Gasteiger partial charge in [0.2, 0.25) is 0 Å². The van der Waals surface area contributed by atoms with E-state index in [0.717, 1.165) is 34.2 Å². The van der Waals surface area contributed by atoms with Crippen LogP contribution >= 0.6 is 23.1 Å². The number of carbonyl (C=O) groups excluding carboxylic acids is 1. The van der Waals surface area contributed by atoms with Crippen molar-refractivity contribution in [3.05, 3.63) is 45.9 Å². The molecule has 0 atom stereocenters. The molecule has 1 heterocycles. The minimum Gasteiger partial charge on any atom is -0.294 e. The zero-order chi connectivity index (χ0) is 13.7. The van der Waals surface area contributed by atoms with Crippen molar-refractivity contribution < 1.29 is 4.79 Å². The number of nitrogens with zero attached hydrogens (tertiary/aromatic N) is 1. The van der Waals surface area contributed by atoms with Crippen LogP contribution in [0.3, 0.4) is 0 Å².